The molecule has 0 aromatic rings. The van der Waals surface area contributed by atoms with Gasteiger partial charge < -0.3 is 33.8 Å². The first-order chi connectivity index (χ1) is 49.1. The molecule has 0 rings (SSSR count). The summed E-state index contributed by atoms with van der Waals surface area (Å²) in [5.41, 5.74) is 0. The zero-order valence-electron chi connectivity index (χ0n) is 67.2. The maximum atomic E-state index is 13.1. The molecule has 0 fully saturated rings. The zero-order valence-corrected chi connectivity index (χ0v) is 69.0. The average molecular weight is 1490 g/mol. The van der Waals surface area contributed by atoms with Gasteiger partial charge >= 0.3 is 39.5 Å². The lowest BCUT2D eigenvalue weighted by Crippen LogP contribution is -2.30. The van der Waals surface area contributed by atoms with Gasteiger partial charge in [-0.05, 0) is 49.4 Å². The van der Waals surface area contributed by atoms with Gasteiger partial charge in [-0.15, -0.1) is 0 Å². The number of phosphoric ester groups is 2. The van der Waals surface area contributed by atoms with Crippen LogP contribution in [0.2, 0.25) is 0 Å². The topological polar surface area (TPSA) is 237 Å². The fraction of sp³-hybridized carbons (Fsp3) is 0.952. The van der Waals surface area contributed by atoms with Crippen LogP contribution in [-0.4, -0.2) is 96.7 Å². The fourth-order valence-electron chi connectivity index (χ4n) is 12.8. The summed E-state index contributed by atoms with van der Waals surface area (Å²) in [5, 5.41) is 10.6. The van der Waals surface area contributed by atoms with Crippen LogP contribution in [0.4, 0.5) is 0 Å². The van der Waals surface area contributed by atoms with Gasteiger partial charge in [0.25, 0.3) is 0 Å². The Bertz CT molecular complexity index is 1990. The van der Waals surface area contributed by atoms with E-state index in [4.69, 9.17) is 37.0 Å². The van der Waals surface area contributed by atoms with Gasteiger partial charge in [-0.2, -0.15) is 0 Å². The molecule has 0 aliphatic carbocycles. The number of aliphatic hydroxyl groups is 1. The molecule has 0 saturated carbocycles. The first-order valence-electron chi connectivity index (χ1n) is 42.7. The lowest BCUT2D eigenvalue weighted by Gasteiger charge is -2.21. The van der Waals surface area contributed by atoms with Gasteiger partial charge in [-0.3, -0.25) is 37.3 Å². The van der Waals surface area contributed by atoms with Crippen LogP contribution in [0.15, 0.2) is 0 Å². The largest absolute Gasteiger partial charge is 0.472 e. The molecule has 0 aromatic carbocycles. The van der Waals surface area contributed by atoms with E-state index in [1.807, 2.05) is 0 Å². The molecule has 3 N–H and O–H groups in total. The van der Waals surface area contributed by atoms with Gasteiger partial charge in [0.1, 0.15) is 19.3 Å². The van der Waals surface area contributed by atoms with Crippen LogP contribution >= 0.6 is 15.6 Å². The molecule has 0 bridgehead atoms. The number of carbonyl (C=O) groups excluding carboxylic acids is 4. The lowest BCUT2D eigenvalue weighted by atomic mass is 10.0. The predicted octanol–water partition coefficient (Wildman–Crippen LogP) is 24.8. The lowest BCUT2D eigenvalue weighted by molar-refractivity contribution is -0.161. The van der Waals surface area contributed by atoms with Crippen LogP contribution in [0.5, 0.6) is 0 Å². The summed E-state index contributed by atoms with van der Waals surface area (Å²) in [6.07, 6.45) is 59.9. The van der Waals surface area contributed by atoms with E-state index in [2.05, 4.69) is 55.4 Å². The SMILES string of the molecule is CC(C)CCCCCCCCCCCCCCCCCCCCC(=O)O[C@H](COC(=O)CCCCCCCCCCCCCC(C)C)COP(=O)(O)OC[C@@H](O)COP(=O)(O)OC[C@@H](COC(=O)CCCCCCCCC(C)C)OC(=O)CCCCCCCCCCCCCCCCCC(C)C. The summed E-state index contributed by atoms with van der Waals surface area (Å²) >= 11 is 0. The third-order valence-electron chi connectivity index (χ3n) is 19.3. The molecule has 606 valence electrons. The predicted molar refractivity (Wildman–Crippen MR) is 418 cm³/mol. The molecule has 102 heavy (non-hydrogen) atoms. The molecule has 0 aliphatic heterocycles. The van der Waals surface area contributed by atoms with Crippen LogP contribution < -0.4 is 0 Å². The quantitative estimate of drug-likeness (QED) is 0.0222. The summed E-state index contributed by atoms with van der Waals surface area (Å²) in [6.45, 7) is 14.2. The van der Waals surface area contributed by atoms with E-state index >= 15 is 0 Å². The molecule has 0 radical (unpaired) electrons. The number of carbonyl (C=O) groups is 4. The minimum atomic E-state index is -4.96. The highest BCUT2D eigenvalue weighted by Crippen LogP contribution is 2.45. The Hall–Kier alpha value is -1.94. The third-order valence-corrected chi connectivity index (χ3v) is 21.2. The molecule has 17 nitrogen and oxygen atoms in total. The maximum Gasteiger partial charge on any atom is 0.472 e. The van der Waals surface area contributed by atoms with Crippen molar-refractivity contribution in [3.05, 3.63) is 0 Å². The second kappa shape index (κ2) is 72.0. The monoisotopic (exact) mass is 1490 g/mol. The maximum absolute atomic E-state index is 13.1. The summed E-state index contributed by atoms with van der Waals surface area (Å²) in [6, 6.07) is 0. The highest BCUT2D eigenvalue weighted by atomic mass is 31.2. The van der Waals surface area contributed by atoms with E-state index in [1.165, 1.54) is 225 Å². The van der Waals surface area contributed by atoms with E-state index in [1.54, 1.807) is 0 Å². The van der Waals surface area contributed by atoms with E-state index < -0.39 is 97.5 Å². The standard InChI is InChI=1S/C83H162O17P2/c1-73(2)59-51-43-35-29-23-18-14-11-9-10-12-16-20-26-33-39-49-57-65-82(87)99-78(69-93-80(85)63-55-47-38-32-28-22-25-31-37-45-53-61-75(5)6)71-97-101(89,90)95-67-77(84)68-96-102(91,92)98-72-79(70-94-81(86)64-56-48-42-41-46-54-62-76(7)8)100-83(88)66-58-50-40-34-27-21-17-13-15-19-24-30-36-44-52-60-74(3)4/h73-79,84H,9-72H2,1-8H3,(H,89,90)(H,91,92)/t77-,78-,79-/m1/s1. The third kappa shape index (κ3) is 76.3. The van der Waals surface area contributed by atoms with Crippen LogP contribution in [0.25, 0.3) is 0 Å². The number of hydrogen-bond donors (Lipinski definition) is 3. The number of rotatable bonds is 80. The van der Waals surface area contributed by atoms with Gasteiger partial charge in [0.05, 0.1) is 26.4 Å². The first-order valence-corrected chi connectivity index (χ1v) is 45.7. The number of unbranched alkanes of at least 4 members (excludes halogenated alkanes) is 46. The van der Waals surface area contributed by atoms with E-state index in [-0.39, 0.29) is 25.7 Å². The summed E-state index contributed by atoms with van der Waals surface area (Å²) in [7, 11) is -9.92. The fourth-order valence-corrected chi connectivity index (χ4v) is 14.4. The second-order valence-corrected chi connectivity index (χ2v) is 34.7. The minimum absolute atomic E-state index is 0.106. The molecule has 2 unspecified atom stereocenters. The number of ether oxygens (including phenoxy) is 4. The first kappa shape index (κ1) is 100. The van der Waals surface area contributed by atoms with Crippen molar-refractivity contribution in [2.75, 3.05) is 39.6 Å². The molecule has 19 heteroatoms. The number of phosphoric acid groups is 2. The van der Waals surface area contributed by atoms with Gasteiger partial charge in [-0.1, -0.05) is 376 Å². The molecule has 0 spiro atoms. The van der Waals surface area contributed by atoms with E-state index in [0.29, 0.717) is 31.6 Å². The van der Waals surface area contributed by atoms with Crippen molar-refractivity contribution >= 4 is 39.5 Å². The average Bonchev–Trinajstić information content (AvgIpc) is 0.913. The zero-order chi connectivity index (χ0) is 75.3. The Morgan fingerprint density at radius 1 is 0.245 bits per heavy atom. The highest BCUT2D eigenvalue weighted by molar-refractivity contribution is 7.47. The molecule has 0 saturated heterocycles. The minimum Gasteiger partial charge on any atom is -0.462 e. The summed E-state index contributed by atoms with van der Waals surface area (Å²) in [5.74, 6) is 0.960. The van der Waals surface area contributed by atoms with Crippen LogP contribution in [0.1, 0.15) is 428 Å². The Morgan fingerprint density at radius 2 is 0.412 bits per heavy atom. The number of hydrogen-bond acceptors (Lipinski definition) is 15. The Balaban J connectivity index is 5.20. The van der Waals surface area contributed by atoms with Crippen LogP contribution in [0, 0.1) is 23.7 Å². The van der Waals surface area contributed by atoms with Crippen molar-refractivity contribution in [3.8, 4) is 0 Å². The molecular weight excluding hydrogens is 1330 g/mol. The van der Waals surface area contributed by atoms with Crippen molar-refractivity contribution in [1.29, 1.82) is 0 Å². The molecular formula is C83H162O17P2. The number of esters is 4. The molecule has 0 aromatic heterocycles. The normalized spacial score (nSPS) is 14.0. The van der Waals surface area contributed by atoms with Gasteiger partial charge in [0.15, 0.2) is 12.2 Å². The Morgan fingerprint density at radius 3 is 0.608 bits per heavy atom. The van der Waals surface area contributed by atoms with Crippen molar-refractivity contribution in [2.45, 2.75) is 446 Å². The van der Waals surface area contributed by atoms with Crippen molar-refractivity contribution < 1.29 is 80.2 Å². The van der Waals surface area contributed by atoms with Crippen LogP contribution in [0.3, 0.4) is 0 Å². The van der Waals surface area contributed by atoms with E-state index in [9.17, 15) is 43.2 Å². The van der Waals surface area contributed by atoms with Crippen molar-refractivity contribution in [2.24, 2.45) is 23.7 Å². The molecule has 0 heterocycles. The highest BCUT2D eigenvalue weighted by Gasteiger charge is 2.30. The molecule has 0 amide bonds. The van der Waals surface area contributed by atoms with Crippen LogP contribution in [-0.2, 0) is 65.4 Å². The van der Waals surface area contributed by atoms with Crippen molar-refractivity contribution in [1.82, 2.24) is 0 Å². The molecule has 0 aliphatic rings. The summed E-state index contributed by atoms with van der Waals surface area (Å²) in [4.78, 5) is 73.0. The van der Waals surface area contributed by atoms with Gasteiger partial charge in [0.2, 0.25) is 0 Å². The second-order valence-electron chi connectivity index (χ2n) is 31.8. The molecule has 5 atom stereocenters. The van der Waals surface area contributed by atoms with Crippen molar-refractivity contribution in [3.63, 3.8) is 0 Å². The smallest absolute Gasteiger partial charge is 0.462 e. The van der Waals surface area contributed by atoms with Gasteiger partial charge in [0, 0.05) is 25.7 Å². The van der Waals surface area contributed by atoms with Gasteiger partial charge in [-0.25, -0.2) is 9.13 Å². The Labute approximate surface area is 626 Å². The van der Waals surface area contributed by atoms with E-state index in [0.717, 1.165) is 114 Å². The number of aliphatic hydroxyl groups excluding tert-OH is 1. The Kier molecular flexibility index (Phi) is 70.6. The summed E-state index contributed by atoms with van der Waals surface area (Å²) < 4.78 is 68.7.